The number of halogens is 1. The van der Waals surface area contributed by atoms with Crippen LogP contribution in [0.3, 0.4) is 0 Å². The van der Waals surface area contributed by atoms with Gasteiger partial charge in [-0.15, -0.1) is 17.5 Å². The van der Waals surface area contributed by atoms with E-state index in [1.54, 1.807) is 5.38 Å². The number of hydrogen-bond donors (Lipinski definition) is 1. The van der Waals surface area contributed by atoms with Gasteiger partial charge in [-0.1, -0.05) is 4.49 Å². The van der Waals surface area contributed by atoms with E-state index in [2.05, 4.69) is 14.9 Å². The molecule has 16 heavy (non-hydrogen) atoms. The average Bonchev–Trinajstić information content (AvgIpc) is 2.87. The molecule has 1 aliphatic heterocycles. The maximum atomic E-state index is 12.0. The van der Waals surface area contributed by atoms with Crippen LogP contribution >= 0.6 is 23.9 Å². The molecular weight excluding hydrogens is 248 g/mol. The van der Waals surface area contributed by atoms with E-state index in [4.69, 9.17) is 0 Å². The van der Waals surface area contributed by atoms with E-state index in [1.165, 1.54) is 11.5 Å². The van der Waals surface area contributed by atoms with Crippen LogP contribution < -0.4 is 5.32 Å². The molecule has 7 heteroatoms. The maximum absolute atomic E-state index is 12.0. The Morgan fingerprint density at radius 2 is 2.56 bits per heavy atom. The Kier molecular flexibility index (Phi) is 5.11. The molecule has 1 atom stereocenters. The highest BCUT2D eigenvalue weighted by molar-refractivity contribution is 7.03. The summed E-state index contributed by atoms with van der Waals surface area (Å²) in [7, 11) is 1.91. The van der Waals surface area contributed by atoms with E-state index in [9.17, 15) is 4.79 Å². The van der Waals surface area contributed by atoms with Crippen LogP contribution in [0.25, 0.3) is 0 Å². The quantitative estimate of drug-likeness (QED) is 0.875. The summed E-state index contributed by atoms with van der Waals surface area (Å²) < 4.78 is 3.71. The number of likely N-dealkylation sites (tertiary alicyclic amines) is 1. The zero-order valence-corrected chi connectivity index (χ0v) is 10.7. The van der Waals surface area contributed by atoms with Crippen LogP contribution in [0, 0.1) is 0 Å². The minimum absolute atomic E-state index is 0. The zero-order chi connectivity index (χ0) is 10.7. The Labute approximate surface area is 105 Å². The molecule has 1 amide bonds. The van der Waals surface area contributed by atoms with Crippen molar-refractivity contribution in [2.24, 2.45) is 0 Å². The summed E-state index contributed by atoms with van der Waals surface area (Å²) in [5.41, 5.74) is 0.475. The summed E-state index contributed by atoms with van der Waals surface area (Å²) in [5, 5.41) is 8.63. The summed E-state index contributed by atoms with van der Waals surface area (Å²) >= 11 is 1.22. The molecule has 1 N–H and O–H groups in total. The van der Waals surface area contributed by atoms with Gasteiger partial charge < -0.3 is 10.2 Å². The van der Waals surface area contributed by atoms with Crippen LogP contribution in [0.2, 0.25) is 0 Å². The van der Waals surface area contributed by atoms with Crippen molar-refractivity contribution in [1.29, 1.82) is 0 Å². The van der Waals surface area contributed by atoms with Gasteiger partial charge in [-0.3, -0.25) is 4.79 Å². The Bertz CT molecular complexity index is 332. The van der Waals surface area contributed by atoms with E-state index in [0.29, 0.717) is 11.7 Å². The van der Waals surface area contributed by atoms with Gasteiger partial charge in [-0.25, -0.2) is 0 Å². The molecule has 1 fully saturated rings. The molecule has 0 radical (unpaired) electrons. The van der Waals surface area contributed by atoms with Crippen LogP contribution in [0.15, 0.2) is 5.38 Å². The Hall–Kier alpha value is -0.720. The zero-order valence-electron chi connectivity index (χ0n) is 9.05. The molecule has 5 nitrogen and oxygen atoms in total. The molecule has 1 saturated heterocycles. The SMILES string of the molecule is CNCC1CCCN1C(=O)c1csnn1.Cl. The van der Waals surface area contributed by atoms with Crippen LogP contribution in [-0.4, -0.2) is 46.6 Å². The van der Waals surface area contributed by atoms with Crippen LogP contribution in [0.5, 0.6) is 0 Å². The topological polar surface area (TPSA) is 58.1 Å². The minimum Gasteiger partial charge on any atom is -0.333 e. The fourth-order valence-electron chi connectivity index (χ4n) is 1.96. The summed E-state index contributed by atoms with van der Waals surface area (Å²) in [6.45, 7) is 1.69. The molecule has 1 unspecified atom stereocenters. The van der Waals surface area contributed by atoms with Crippen molar-refractivity contribution in [2.45, 2.75) is 18.9 Å². The fraction of sp³-hybridized carbons (Fsp3) is 0.667. The molecule has 0 bridgehead atoms. The minimum atomic E-state index is 0. The lowest BCUT2D eigenvalue weighted by Gasteiger charge is -2.23. The molecule has 1 aromatic rings. The second kappa shape index (κ2) is 6.12. The van der Waals surface area contributed by atoms with E-state index in [1.807, 2.05) is 11.9 Å². The maximum Gasteiger partial charge on any atom is 0.275 e. The van der Waals surface area contributed by atoms with Gasteiger partial charge >= 0.3 is 0 Å². The monoisotopic (exact) mass is 262 g/mol. The molecule has 90 valence electrons. The number of aromatic nitrogens is 2. The van der Waals surface area contributed by atoms with Gasteiger partial charge in [0.15, 0.2) is 5.69 Å². The molecule has 0 aromatic carbocycles. The largest absolute Gasteiger partial charge is 0.333 e. The number of rotatable bonds is 3. The first-order valence-electron chi connectivity index (χ1n) is 5.05. The molecule has 0 spiro atoms. The second-order valence-corrected chi connectivity index (χ2v) is 4.25. The van der Waals surface area contributed by atoms with Crippen molar-refractivity contribution in [3.8, 4) is 0 Å². The first-order chi connectivity index (χ1) is 7.33. The van der Waals surface area contributed by atoms with Crippen molar-refractivity contribution in [1.82, 2.24) is 19.8 Å². The van der Waals surface area contributed by atoms with Crippen molar-refractivity contribution >= 4 is 29.8 Å². The lowest BCUT2D eigenvalue weighted by Crippen LogP contribution is -2.40. The first kappa shape index (κ1) is 13.3. The highest BCUT2D eigenvalue weighted by Crippen LogP contribution is 2.19. The van der Waals surface area contributed by atoms with E-state index < -0.39 is 0 Å². The highest BCUT2D eigenvalue weighted by Gasteiger charge is 2.29. The van der Waals surface area contributed by atoms with Crippen molar-refractivity contribution in [3.05, 3.63) is 11.1 Å². The summed E-state index contributed by atoms with van der Waals surface area (Å²) in [6.07, 6.45) is 2.15. The van der Waals surface area contributed by atoms with Gasteiger partial charge in [0, 0.05) is 24.5 Å². The van der Waals surface area contributed by atoms with Gasteiger partial charge in [-0.2, -0.15) is 0 Å². The third kappa shape index (κ3) is 2.69. The summed E-state index contributed by atoms with van der Waals surface area (Å²) in [5.74, 6) is 0.0153. The Morgan fingerprint density at radius 1 is 1.75 bits per heavy atom. The third-order valence-corrected chi connectivity index (χ3v) is 3.16. The third-order valence-electron chi connectivity index (χ3n) is 2.66. The van der Waals surface area contributed by atoms with E-state index >= 15 is 0 Å². The van der Waals surface area contributed by atoms with Gasteiger partial charge in [0.2, 0.25) is 0 Å². The molecule has 2 rings (SSSR count). The predicted molar refractivity (Wildman–Crippen MR) is 65.1 cm³/mol. The van der Waals surface area contributed by atoms with Gasteiger partial charge in [0.1, 0.15) is 0 Å². The molecule has 1 aromatic heterocycles. The van der Waals surface area contributed by atoms with Gasteiger partial charge in [0.05, 0.1) is 0 Å². The molecule has 0 saturated carbocycles. The second-order valence-electron chi connectivity index (χ2n) is 3.64. The van der Waals surface area contributed by atoms with Crippen LogP contribution in [0.1, 0.15) is 23.3 Å². The standard InChI is InChI=1S/C9H14N4OS.ClH/c1-10-5-7-3-2-4-13(7)9(14)8-6-15-12-11-8;/h6-7,10H,2-5H2,1H3;1H. The molecule has 2 heterocycles. The number of likely N-dealkylation sites (N-methyl/N-ethyl adjacent to an activating group) is 1. The van der Waals surface area contributed by atoms with Crippen molar-refractivity contribution in [3.63, 3.8) is 0 Å². The number of nitrogens with one attached hydrogen (secondary N) is 1. The Morgan fingerprint density at radius 3 is 3.19 bits per heavy atom. The number of carbonyl (C=O) groups excluding carboxylic acids is 1. The number of carbonyl (C=O) groups is 1. The van der Waals surface area contributed by atoms with Crippen LogP contribution in [-0.2, 0) is 0 Å². The van der Waals surface area contributed by atoms with Gasteiger partial charge in [0.25, 0.3) is 5.91 Å². The number of amides is 1. The highest BCUT2D eigenvalue weighted by atomic mass is 35.5. The van der Waals surface area contributed by atoms with Crippen molar-refractivity contribution in [2.75, 3.05) is 20.1 Å². The molecular formula is C9H15ClN4OS. The van der Waals surface area contributed by atoms with Crippen LogP contribution in [0.4, 0.5) is 0 Å². The summed E-state index contributed by atoms with van der Waals surface area (Å²) in [4.78, 5) is 13.9. The Balaban J connectivity index is 0.00000128. The number of hydrogen-bond acceptors (Lipinski definition) is 5. The smallest absolute Gasteiger partial charge is 0.275 e. The lowest BCUT2D eigenvalue weighted by molar-refractivity contribution is 0.0731. The average molecular weight is 263 g/mol. The molecule has 0 aliphatic carbocycles. The summed E-state index contributed by atoms with van der Waals surface area (Å²) in [6, 6.07) is 0.309. The first-order valence-corrected chi connectivity index (χ1v) is 5.89. The number of nitrogens with zero attached hydrogens (tertiary/aromatic N) is 3. The fourth-order valence-corrected chi connectivity index (χ4v) is 2.39. The normalized spacial score (nSPS) is 19.6. The predicted octanol–water partition coefficient (Wildman–Crippen LogP) is 0.784. The lowest BCUT2D eigenvalue weighted by atomic mass is 10.2. The molecule has 1 aliphatic rings. The van der Waals surface area contributed by atoms with Crippen molar-refractivity contribution < 1.29 is 4.79 Å². The van der Waals surface area contributed by atoms with E-state index in [0.717, 1.165) is 25.9 Å². The van der Waals surface area contributed by atoms with E-state index in [-0.39, 0.29) is 18.3 Å². The van der Waals surface area contributed by atoms with Gasteiger partial charge in [-0.05, 0) is 31.4 Å².